The molecule has 3 heteroatoms. The molecule has 1 aromatic carbocycles. The number of hydrogen-bond donors (Lipinski definition) is 0. The molecule has 0 unspecified atom stereocenters. The Bertz CT molecular complexity index is 376. The van der Waals surface area contributed by atoms with Gasteiger partial charge in [-0.1, -0.05) is 0 Å². The third-order valence-electron chi connectivity index (χ3n) is 2.03. The lowest BCUT2D eigenvalue weighted by Gasteiger charge is -2.03. The average Bonchev–Trinajstić information content (AvgIpc) is 2.29. The van der Waals surface area contributed by atoms with E-state index in [0.29, 0.717) is 18.6 Å². The number of halogens is 1. The zero-order valence-electron chi connectivity index (χ0n) is 8.91. The first-order chi connectivity index (χ1) is 7.74. The number of terminal acetylenes is 1. The molecule has 0 aliphatic heterocycles. The average molecular weight is 220 g/mol. The minimum absolute atomic E-state index is 0.345. The number of esters is 1. The van der Waals surface area contributed by atoms with E-state index in [2.05, 4.69) is 5.92 Å². The molecule has 1 aromatic rings. The SMILES string of the molecule is C#CCCCCOC(=O)c1ccc(F)cc1. The van der Waals surface area contributed by atoms with Crippen molar-refractivity contribution >= 4 is 5.97 Å². The Kier molecular flexibility index (Phi) is 5.07. The maximum Gasteiger partial charge on any atom is 0.338 e. The van der Waals surface area contributed by atoms with Gasteiger partial charge in [-0.15, -0.1) is 12.3 Å². The second-order valence-electron chi connectivity index (χ2n) is 3.30. The van der Waals surface area contributed by atoms with Gasteiger partial charge in [-0.25, -0.2) is 9.18 Å². The summed E-state index contributed by atoms with van der Waals surface area (Å²) in [5, 5.41) is 0. The minimum Gasteiger partial charge on any atom is -0.462 e. The maximum atomic E-state index is 12.6. The van der Waals surface area contributed by atoms with Crippen LogP contribution in [-0.2, 0) is 4.74 Å². The molecule has 0 atom stereocenters. The first-order valence-corrected chi connectivity index (χ1v) is 5.10. The molecule has 84 valence electrons. The summed E-state index contributed by atoms with van der Waals surface area (Å²) in [5.74, 6) is 1.71. The van der Waals surface area contributed by atoms with Crippen LogP contribution in [0.1, 0.15) is 29.6 Å². The molecular formula is C13H13FO2. The van der Waals surface area contributed by atoms with Crippen LogP contribution in [0, 0.1) is 18.2 Å². The maximum absolute atomic E-state index is 12.6. The Labute approximate surface area is 94.4 Å². The summed E-state index contributed by atoms with van der Waals surface area (Å²) in [6, 6.07) is 5.27. The van der Waals surface area contributed by atoms with E-state index in [1.165, 1.54) is 24.3 Å². The van der Waals surface area contributed by atoms with Gasteiger partial charge < -0.3 is 4.74 Å². The van der Waals surface area contributed by atoms with Crippen molar-refractivity contribution in [1.29, 1.82) is 0 Å². The molecule has 0 spiro atoms. The quantitative estimate of drug-likeness (QED) is 0.433. The first kappa shape index (κ1) is 12.3. The smallest absolute Gasteiger partial charge is 0.338 e. The Balaban J connectivity index is 2.30. The highest BCUT2D eigenvalue weighted by Gasteiger charge is 2.05. The van der Waals surface area contributed by atoms with Gasteiger partial charge in [-0.05, 0) is 37.1 Å². The van der Waals surface area contributed by atoms with Crippen LogP contribution in [0.25, 0.3) is 0 Å². The van der Waals surface area contributed by atoms with E-state index < -0.39 is 5.97 Å². The topological polar surface area (TPSA) is 26.3 Å². The summed E-state index contributed by atoms with van der Waals surface area (Å²) in [6.45, 7) is 0.345. The van der Waals surface area contributed by atoms with Crippen molar-refractivity contribution in [2.45, 2.75) is 19.3 Å². The third-order valence-corrected chi connectivity index (χ3v) is 2.03. The van der Waals surface area contributed by atoms with Crippen LogP contribution in [-0.4, -0.2) is 12.6 Å². The van der Waals surface area contributed by atoms with Crippen LogP contribution in [0.5, 0.6) is 0 Å². The van der Waals surface area contributed by atoms with Crippen molar-refractivity contribution in [2.24, 2.45) is 0 Å². The fraction of sp³-hybridized carbons (Fsp3) is 0.308. The molecular weight excluding hydrogens is 207 g/mol. The van der Waals surface area contributed by atoms with Crippen molar-refractivity contribution in [3.05, 3.63) is 35.6 Å². The number of ether oxygens (including phenoxy) is 1. The van der Waals surface area contributed by atoms with E-state index in [4.69, 9.17) is 11.2 Å². The second kappa shape index (κ2) is 6.62. The van der Waals surface area contributed by atoms with Gasteiger partial charge in [0.1, 0.15) is 5.82 Å². The van der Waals surface area contributed by atoms with E-state index in [1.54, 1.807) is 0 Å². The van der Waals surface area contributed by atoms with Crippen molar-refractivity contribution in [3.63, 3.8) is 0 Å². The molecule has 1 rings (SSSR count). The number of benzene rings is 1. The van der Waals surface area contributed by atoms with Gasteiger partial charge in [0, 0.05) is 6.42 Å². The Hall–Kier alpha value is -1.82. The number of carbonyl (C=O) groups excluding carboxylic acids is 1. The lowest BCUT2D eigenvalue weighted by atomic mass is 10.2. The minimum atomic E-state index is -0.430. The molecule has 0 aromatic heterocycles. The summed E-state index contributed by atoms with van der Waals surface area (Å²) in [5.41, 5.74) is 0.360. The fourth-order valence-electron chi connectivity index (χ4n) is 1.16. The van der Waals surface area contributed by atoms with Gasteiger partial charge >= 0.3 is 5.97 Å². The van der Waals surface area contributed by atoms with E-state index in [-0.39, 0.29) is 5.82 Å². The Morgan fingerprint density at radius 1 is 1.31 bits per heavy atom. The number of rotatable bonds is 5. The molecule has 0 radical (unpaired) electrons. The summed E-state index contributed by atoms with van der Waals surface area (Å²) < 4.78 is 17.6. The van der Waals surface area contributed by atoms with Gasteiger partial charge in [0.05, 0.1) is 12.2 Å². The molecule has 0 aliphatic rings. The van der Waals surface area contributed by atoms with Gasteiger partial charge in [0.25, 0.3) is 0 Å². The largest absolute Gasteiger partial charge is 0.462 e. The highest BCUT2D eigenvalue weighted by molar-refractivity contribution is 5.89. The zero-order valence-corrected chi connectivity index (χ0v) is 8.91. The lowest BCUT2D eigenvalue weighted by Crippen LogP contribution is -2.06. The second-order valence-corrected chi connectivity index (χ2v) is 3.30. The third kappa shape index (κ3) is 4.14. The molecule has 0 saturated heterocycles. The molecule has 0 aliphatic carbocycles. The van der Waals surface area contributed by atoms with Crippen LogP contribution in [0.2, 0.25) is 0 Å². The Morgan fingerprint density at radius 2 is 2.00 bits per heavy atom. The molecule has 0 amide bonds. The van der Waals surface area contributed by atoms with Crippen molar-refractivity contribution in [2.75, 3.05) is 6.61 Å². The Morgan fingerprint density at radius 3 is 2.62 bits per heavy atom. The van der Waals surface area contributed by atoms with Gasteiger partial charge in [0.15, 0.2) is 0 Å². The summed E-state index contributed by atoms with van der Waals surface area (Å²) in [6.07, 6.45) is 7.36. The summed E-state index contributed by atoms with van der Waals surface area (Å²) >= 11 is 0. The van der Waals surface area contributed by atoms with Crippen LogP contribution in [0.15, 0.2) is 24.3 Å². The van der Waals surface area contributed by atoms with E-state index in [0.717, 1.165) is 12.8 Å². The molecule has 0 fully saturated rings. The van der Waals surface area contributed by atoms with Gasteiger partial charge in [-0.3, -0.25) is 0 Å². The lowest BCUT2D eigenvalue weighted by molar-refractivity contribution is 0.0499. The predicted octanol–water partition coefficient (Wildman–Crippen LogP) is 2.79. The molecule has 16 heavy (non-hydrogen) atoms. The van der Waals surface area contributed by atoms with Crippen LogP contribution < -0.4 is 0 Å². The first-order valence-electron chi connectivity index (χ1n) is 5.10. The number of hydrogen-bond acceptors (Lipinski definition) is 2. The highest BCUT2D eigenvalue weighted by Crippen LogP contribution is 2.05. The zero-order chi connectivity index (χ0) is 11.8. The van der Waals surface area contributed by atoms with Crippen molar-refractivity contribution in [3.8, 4) is 12.3 Å². The molecule has 0 bridgehead atoms. The number of unbranched alkanes of at least 4 members (excludes halogenated alkanes) is 2. The normalized spacial score (nSPS) is 9.50. The fourth-order valence-corrected chi connectivity index (χ4v) is 1.16. The van der Waals surface area contributed by atoms with E-state index >= 15 is 0 Å². The highest BCUT2D eigenvalue weighted by atomic mass is 19.1. The van der Waals surface area contributed by atoms with Gasteiger partial charge in [-0.2, -0.15) is 0 Å². The standard InChI is InChI=1S/C13H13FO2/c1-2-3-4-5-10-16-13(15)11-6-8-12(14)9-7-11/h1,6-9H,3-5,10H2. The monoisotopic (exact) mass is 220 g/mol. The molecule has 0 saturated carbocycles. The van der Waals surface area contributed by atoms with Crippen molar-refractivity contribution < 1.29 is 13.9 Å². The summed E-state index contributed by atoms with van der Waals surface area (Å²) in [7, 11) is 0. The van der Waals surface area contributed by atoms with Crippen LogP contribution >= 0.6 is 0 Å². The van der Waals surface area contributed by atoms with E-state index in [9.17, 15) is 9.18 Å². The molecule has 2 nitrogen and oxygen atoms in total. The predicted molar refractivity (Wildman–Crippen MR) is 59.4 cm³/mol. The molecule has 0 N–H and O–H groups in total. The van der Waals surface area contributed by atoms with E-state index in [1.807, 2.05) is 0 Å². The summed E-state index contributed by atoms with van der Waals surface area (Å²) in [4.78, 5) is 11.4. The number of carbonyl (C=O) groups is 1. The van der Waals surface area contributed by atoms with Gasteiger partial charge in [0.2, 0.25) is 0 Å². The van der Waals surface area contributed by atoms with Crippen molar-refractivity contribution in [1.82, 2.24) is 0 Å². The van der Waals surface area contributed by atoms with Crippen LogP contribution in [0.4, 0.5) is 4.39 Å². The van der Waals surface area contributed by atoms with Crippen LogP contribution in [0.3, 0.4) is 0 Å². The molecule has 0 heterocycles.